The van der Waals surface area contributed by atoms with Crippen molar-refractivity contribution < 1.29 is 13.9 Å². The number of nitriles is 1. The smallest absolute Gasteiger partial charge is 0.266 e. The second-order valence-electron chi connectivity index (χ2n) is 6.34. The van der Waals surface area contributed by atoms with Crippen LogP contribution >= 0.6 is 11.8 Å². The summed E-state index contributed by atoms with van der Waals surface area (Å²) in [5, 5.41) is 19.4. The van der Waals surface area contributed by atoms with Crippen LogP contribution in [0.4, 0.5) is 17.1 Å². The van der Waals surface area contributed by atoms with E-state index in [1.54, 1.807) is 43.5 Å². The standard InChI is InChI=1S/C22H18N4O3S/c1-28-16-8-6-15(7-9-16)24-21(27)14(13-23)12-17-10-11-20(29-17)30-22-25-18-4-2-3-5-19(18)26-22/h2-12,22,25-26H,1H3,(H,24,27)/b14-12+. The molecule has 30 heavy (non-hydrogen) atoms. The fourth-order valence-corrected chi connectivity index (χ4v) is 3.76. The number of nitrogens with one attached hydrogen (secondary N) is 3. The molecule has 0 fully saturated rings. The zero-order valence-corrected chi connectivity index (χ0v) is 16.8. The third kappa shape index (κ3) is 4.42. The highest BCUT2D eigenvalue weighted by atomic mass is 32.2. The van der Waals surface area contributed by atoms with Gasteiger partial charge in [-0.05, 0) is 60.3 Å². The van der Waals surface area contributed by atoms with Gasteiger partial charge in [0.2, 0.25) is 0 Å². The summed E-state index contributed by atoms with van der Waals surface area (Å²) < 4.78 is 10.9. The van der Waals surface area contributed by atoms with Gasteiger partial charge >= 0.3 is 0 Å². The number of para-hydroxylation sites is 2. The number of carbonyl (C=O) groups is 1. The first kappa shape index (κ1) is 19.5. The second kappa shape index (κ2) is 8.68. The number of amides is 1. The first-order chi connectivity index (χ1) is 14.6. The molecule has 1 aliphatic rings. The van der Waals surface area contributed by atoms with Crippen molar-refractivity contribution in [3.8, 4) is 11.8 Å². The lowest BCUT2D eigenvalue weighted by atomic mass is 10.2. The van der Waals surface area contributed by atoms with E-state index in [9.17, 15) is 10.1 Å². The van der Waals surface area contributed by atoms with Crippen LogP contribution in [0.25, 0.3) is 6.08 Å². The van der Waals surface area contributed by atoms with E-state index in [-0.39, 0.29) is 11.1 Å². The van der Waals surface area contributed by atoms with Gasteiger partial charge in [0, 0.05) is 11.8 Å². The number of ether oxygens (including phenoxy) is 1. The maximum absolute atomic E-state index is 12.4. The summed E-state index contributed by atoms with van der Waals surface area (Å²) in [5.74, 6) is 0.594. The van der Waals surface area contributed by atoms with Gasteiger partial charge in [-0.2, -0.15) is 5.26 Å². The van der Waals surface area contributed by atoms with Crippen LogP contribution in [0, 0.1) is 11.3 Å². The Balaban J connectivity index is 1.40. The molecule has 0 spiro atoms. The lowest BCUT2D eigenvalue weighted by Gasteiger charge is -2.09. The summed E-state index contributed by atoms with van der Waals surface area (Å²) in [6.07, 6.45) is 1.42. The lowest BCUT2D eigenvalue weighted by Crippen LogP contribution is -2.16. The summed E-state index contributed by atoms with van der Waals surface area (Å²) in [4.78, 5) is 12.4. The molecule has 1 amide bonds. The van der Waals surface area contributed by atoms with Crippen LogP contribution in [0.1, 0.15) is 5.76 Å². The summed E-state index contributed by atoms with van der Waals surface area (Å²) >= 11 is 1.46. The van der Waals surface area contributed by atoms with Crippen molar-refractivity contribution in [1.82, 2.24) is 0 Å². The lowest BCUT2D eigenvalue weighted by molar-refractivity contribution is -0.112. The number of methoxy groups -OCH3 is 1. The Bertz CT molecular complexity index is 1110. The van der Waals surface area contributed by atoms with Crippen LogP contribution in [-0.2, 0) is 4.79 Å². The molecule has 0 atom stereocenters. The molecule has 2 aromatic carbocycles. The molecule has 0 radical (unpaired) electrons. The van der Waals surface area contributed by atoms with Crippen molar-refractivity contribution in [2.45, 2.75) is 10.6 Å². The Kier molecular flexibility index (Phi) is 5.63. The highest BCUT2D eigenvalue weighted by molar-refractivity contribution is 8.00. The first-order valence-electron chi connectivity index (χ1n) is 9.10. The topological polar surface area (TPSA) is 99.3 Å². The summed E-state index contributed by atoms with van der Waals surface area (Å²) in [6, 6.07) is 20.2. The van der Waals surface area contributed by atoms with Crippen LogP contribution in [0.2, 0.25) is 0 Å². The Labute approximate surface area is 177 Å². The molecule has 0 saturated heterocycles. The van der Waals surface area contributed by atoms with Crippen molar-refractivity contribution in [3.05, 3.63) is 72.0 Å². The number of furan rings is 1. The molecule has 4 rings (SSSR count). The molecule has 7 nitrogen and oxygen atoms in total. The predicted octanol–water partition coefficient (Wildman–Crippen LogP) is 4.75. The average molecular weight is 418 g/mol. The van der Waals surface area contributed by atoms with E-state index in [0.29, 0.717) is 22.3 Å². The van der Waals surface area contributed by atoms with Gasteiger partial charge in [0.1, 0.15) is 23.2 Å². The number of rotatable bonds is 6. The van der Waals surface area contributed by atoms with E-state index in [1.165, 1.54) is 17.8 Å². The van der Waals surface area contributed by atoms with Crippen LogP contribution in [0.3, 0.4) is 0 Å². The number of benzene rings is 2. The number of anilines is 3. The number of carbonyl (C=O) groups excluding carboxylic acids is 1. The average Bonchev–Trinajstić information content (AvgIpc) is 3.38. The van der Waals surface area contributed by atoms with Gasteiger partial charge in [-0.25, -0.2) is 0 Å². The minimum absolute atomic E-state index is 0.0544. The quantitative estimate of drug-likeness (QED) is 0.392. The number of fused-ring (bicyclic) bond motifs is 1. The Morgan fingerprint density at radius 3 is 2.47 bits per heavy atom. The van der Waals surface area contributed by atoms with Gasteiger partial charge < -0.3 is 25.1 Å². The molecule has 1 aliphatic heterocycles. The highest BCUT2D eigenvalue weighted by Gasteiger charge is 2.21. The number of nitrogens with zero attached hydrogens (tertiary/aromatic N) is 1. The molecule has 0 saturated carbocycles. The zero-order valence-electron chi connectivity index (χ0n) is 16.0. The predicted molar refractivity (Wildman–Crippen MR) is 117 cm³/mol. The molecule has 2 heterocycles. The van der Waals surface area contributed by atoms with Crippen LogP contribution in [0.15, 0.2) is 75.7 Å². The normalized spacial score (nSPS) is 13.0. The molecule has 0 bridgehead atoms. The largest absolute Gasteiger partial charge is 0.497 e. The maximum atomic E-state index is 12.4. The molecule has 0 unspecified atom stereocenters. The van der Waals surface area contributed by atoms with E-state index in [1.807, 2.05) is 30.3 Å². The summed E-state index contributed by atoms with van der Waals surface area (Å²) in [5.41, 5.74) is 2.50. The van der Waals surface area contributed by atoms with E-state index in [4.69, 9.17) is 9.15 Å². The van der Waals surface area contributed by atoms with Gasteiger partial charge in [0.05, 0.1) is 18.5 Å². The van der Waals surface area contributed by atoms with E-state index >= 15 is 0 Å². The SMILES string of the molecule is COc1ccc(NC(=O)/C(C#N)=C/c2ccc(SC3Nc4ccccc4N3)o2)cc1. The molecule has 8 heteroatoms. The van der Waals surface area contributed by atoms with Gasteiger partial charge in [-0.15, -0.1) is 0 Å². The van der Waals surface area contributed by atoms with Gasteiger partial charge in [-0.3, -0.25) is 4.79 Å². The van der Waals surface area contributed by atoms with E-state index < -0.39 is 5.91 Å². The number of hydrogen-bond acceptors (Lipinski definition) is 7. The Morgan fingerprint density at radius 2 is 1.83 bits per heavy atom. The van der Waals surface area contributed by atoms with Gasteiger partial charge in [0.25, 0.3) is 5.91 Å². The minimum atomic E-state index is -0.511. The minimum Gasteiger partial charge on any atom is -0.497 e. The van der Waals surface area contributed by atoms with Gasteiger partial charge in [-0.1, -0.05) is 12.1 Å². The zero-order chi connectivity index (χ0) is 20.9. The second-order valence-corrected chi connectivity index (χ2v) is 7.45. The summed E-state index contributed by atoms with van der Waals surface area (Å²) in [6.45, 7) is 0. The maximum Gasteiger partial charge on any atom is 0.266 e. The molecule has 1 aromatic heterocycles. The van der Waals surface area contributed by atoms with Crippen molar-refractivity contribution in [2.24, 2.45) is 0 Å². The van der Waals surface area contributed by atoms with Crippen molar-refractivity contribution in [2.75, 3.05) is 23.1 Å². The van der Waals surface area contributed by atoms with Crippen molar-refractivity contribution >= 4 is 40.8 Å². The van der Waals surface area contributed by atoms with Crippen molar-refractivity contribution in [1.29, 1.82) is 5.26 Å². The molecule has 150 valence electrons. The third-order valence-corrected chi connectivity index (χ3v) is 5.26. The number of hydrogen-bond donors (Lipinski definition) is 3. The third-order valence-electron chi connectivity index (χ3n) is 4.34. The Morgan fingerprint density at radius 1 is 1.13 bits per heavy atom. The molecule has 3 N–H and O–H groups in total. The van der Waals surface area contributed by atoms with Crippen molar-refractivity contribution in [3.63, 3.8) is 0 Å². The highest BCUT2D eigenvalue weighted by Crippen LogP contribution is 2.35. The van der Waals surface area contributed by atoms with Crippen LogP contribution in [0.5, 0.6) is 5.75 Å². The van der Waals surface area contributed by atoms with Crippen LogP contribution in [-0.4, -0.2) is 18.5 Å². The molecular weight excluding hydrogens is 400 g/mol. The van der Waals surface area contributed by atoms with E-state index in [2.05, 4.69) is 16.0 Å². The fourth-order valence-electron chi connectivity index (χ4n) is 2.87. The Hall–Kier alpha value is -3.83. The summed E-state index contributed by atoms with van der Waals surface area (Å²) in [7, 11) is 1.57. The molecule has 0 aliphatic carbocycles. The van der Waals surface area contributed by atoms with Crippen LogP contribution < -0.4 is 20.7 Å². The first-order valence-corrected chi connectivity index (χ1v) is 9.98. The van der Waals surface area contributed by atoms with Gasteiger partial charge in [0.15, 0.2) is 10.6 Å². The monoisotopic (exact) mass is 418 g/mol. The van der Waals surface area contributed by atoms with E-state index in [0.717, 1.165) is 11.4 Å². The molecule has 3 aromatic rings. The molecular formula is C22H18N4O3S. The fraction of sp³-hybridized carbons (Fsp3) is 0.0909. The number of thioether (sulfide) groups is 1.